The van der Waals surface area contributed by atoms with Gasteiger partial charge in [-0.15, -0.1) is 6.58 Å². The molecule has 29 heavy (non-hydrogen) atoms. The Hall–Kier alpha value is -3.65. The molecule has 0 aliphatic carbocycles. The number of carbonyl (C=O) groups is 3. The van der Waals surface area contributed by atoms with Gasteiger partial charge in [-0.25, -0.2) is 5.43 Å². The van der Waals surface area contributed by atoms with Crippen molar-refractivity contribution in [1.29, 1.82) is 0 Å². The molecule has 9 heteroatoms. The van der Waals surface area contributed by atoms with Crippen molar-refractivity contribution >= 4 is 41.2 Å². The third-order valence-corrected chi connectivity index (χ3v) is 3.59. The molecule has 0 unspecified atom stereocenters. The lowest BCUT2D eigenvalue weighted by atomic mass is 10.2. The molecule has 0 saturated carbocycles. The van der Waals surface area contributed by atoms with Gasteiger partial charge in [-0.3, -0.25) is 14.4 Å². The second kappa shape index (κ2) is 11.3. The number of hydrazone groups is 1. The zero-order chi connectivity index (χ0) is 21.1. The molecule has 0 saturated heterocycles. The number of benzene rings is 2. The first-order valence-electron chi connectivity index (χ1n) is 8.48. The summed E-state index contributed by atoms with van der Waals surface area (Å²) in [6, 6.07) is 13.4. The van der Waals surface area contributed by atoms with Gasteiger partial charge in [-0.1, -0.05) is 23.7 Å². The van der Waals surface area contributed by atoms with Gasteiger partial charge in [0.25, 0.3) is 5.91 Å². The van der Waals surface area contributed by atoms with Crippen molar-refractivity contribution in [2.75, 3.05) is 18.5 Å². The van der Waals surface area contributed by atoms with E-state index >= 15 is 0 Å². The Kier molecular flexibility index (Phi) is 8.40. The summed E-state index contributed by atoms with van der Waals surface area (Å²) in [4.78, 5) is 34.7. The number of nitrogens with zero attached hydrogens (tertiary/aromatic N) is 1. The van der Waals surface area contributed by atoms with Crippen molar-refractivity contribution in [1.82, 2.24) is 10.7 Å². The standard InChI is InChI=1S/C20H19ClN4O4/c1-2-10-22-19(27)20(28)25-23-12-14-6-8-17(9-7-14)29-13-18(26)24-16-5-3-4-15(21)11-16/h2-9,11-12H,1,10,13H2,(H,22,27)(H,24,26)(H,25,28)/b23-12-. The Morgan fingerprint density at radius 1 is 1.10 bits per heavy atom. The Morgan fingerprint density at radius 2 is 1.86 bits per heavy atom. The Bertz CT molecular complexity index is 913. The maximum atomic E-state index is 11.9. The molecule has 0 aliphatic rings. The molecular weight excluding hydrogens is 396 g/mol. The number of carbonyl (C=O) groups excluding carboxylic acids is 3. The largest absolute Gasteiger partial charge is 0.484 e. The minimum absolute atomic E-state index is 0.171. The maximum absolute atomic E-state index is 11.9. The maximum Gasteiger partial charge on any atom is 0.329 e. The smallest absolute Gasteiger partial charge is 0.329 e. The molecule has 0 aromatic heterocycles. The van der Waals surface area contributed by atoms with Crippen LogP contribution in [0.1, 0.15) is 5.56 Å². The number of ether oxygens (including phenoxy) is 1. The molecule has 8 nitrogen and oxygen atoms in total. The Morgan fingerprint density at radius 3 is 2.55 bits per heavy atom. The molecule has 0 heterocycles. The van der Waals surface area contributed by atoms with E-state index < -0.39 is 11.8 Å². The van der Waals surface area contributed by atoms with Gasteiger partial charge >= 0.3 is 11.8 Å². The van der Waals surface area contributed by atoms with Gasteiger partial charge in [-0.05, 0) is 48.0 Å². The molecule has 2 aromatic rings. The van der Waals surface area contributed by atoms with E-state index in [9.17, 15) is 14.4 Å². The molecule has 0 atom stereocenters. The molecule has 0 radical (unpaired) electrons. The zero-order valence-electron chi connectivity index (χ0n) is 15.4. The summed E-state index contributed by atoms with van der Waals surface area (Å²) in [7, 11) is 0. The summed E-state index contributed by atoms with van der Waals surface area (Å²) in [5, 5.41) is 9.23. The van der Waals surface area contributed by atoms with E-state index in [1.807, 2.05) is 0 Å². The van der Waals surface area contributed by atoms with Crippen molar-refractivity contribution in [3.63, 3.8) is 0 Å². The highest BCUT2D eigenvalue weighted by atomic mass is 35.5. The third-order valence-electron chi connectivity index (χ3n) is 3.35. The summed E-state index contributed by atoms with van der Waals surface area (Å²) < 4.78 is 5.42. The van der Waals surface area contributed by atoms with E-state index in [0.29, 0.717) is 22.0 Å². The SMILES string of the molecule is C=CCNC(=O)C(=O)N/N=C\c1ccc(OCC(=O)Nc2cccc(Cl)c2)cc1. The number of hydrogen-bond donors (Lipinski definition) is 3. The fraction of sp³-hybridized carbons (Fsp3) is 0.100. The highest BCUT2D eigenvalue weighted by molar-refractivity contribution is 6.35. The third kappa shape index (κ3) is 7.86. The number of amides is 3. The second-order valence-corrected chi connectivity index (χ2v) is 6.05. The van der Waals surface area contributed by atoms with E-state index in [-0.39, 0.29) is 19.1 Å². The van der Waals surface area contributed by atoms with E-state index in [1.165, 1.54) is 12.3 Å². The van der Waals surface area contributed by atoms with Crippen LogP contribution in [-0.2, 0) is 14.4 Å². The summed E-state index contributed by atoms with van der Waals surface area (Å²) in [5.74, 6) is -1.53. The summed E-state index contributed by atoms with van der Waals surface area (Å²) >= 11 is 5.87. The van der Waals surface area contributed by atoms with Crippen molar-refractivity contribution in [2.24, 2.45) is 5.10 Å². The lowest BCUT2D eigenvalue weighted by Crippen LogP contribution is -2.37. The number of nitrogens with one attached hydrogen (secondary N) is 3. The molecule has 0 bridgehead atoms. The van der Waals surface area contributed by atoms with Crippen molar-refractivity contribution in [2.45, 2.75) is 0 Å². The molecule has 3 N–H and O–H groups in total. The van der Waals surface area contributed by atoms with Gasteiger partial charge < -0.3 is 15.4 Å². The van der Waals surface area contributed by atoms with Gasteiger partial charge in [0.05, 0.1) is 6.21 Å². The van der Waals surface area contributed by atoms with Crippen LogP contribution < -0.4 is 20.8 Å². The number of halogens is 1. The van der Waals surface area contributed by atoms with Gasteiger partial charge in [0.1, 0.15) is 5.75 Å². The van der Waals surface area contributed by atoms with E-state index in [0.717, 1.165) is 0 Å². The Labute approximate surface area is 172 Å². The average Bonchev–Trinajstić information content (AvgIpc) is 2.71. The zero-order valence-corrected chi connectivity index (χ0v) is 16.1. The highest BCUT2D eigenvalue weighted by Crippen LogP contribution is 2.15. The van der Waals surface area contributed by atoms with Gasteiger partial charge in [-0.2, -0.15) is 5.10 Å². The molecule has 0 aliphatic heterocycles. The fourth-order valence-electron chi connectivity index (χ4n) is 2.02. The molecule has 3 amide bonds. The summed E-state index contributed by atoms with van der Waals surface area (Å²) in [6.45, 7) is 3.45. The molecule has 0 fully saturated rings. The predicted molar refractivity (Wildman–Crippen MR) is 111 cm³/mol. The van der Waals surface area contributed by atoms with Gasteiger partial charge in [0, 0.05) is 17.3 Å². The van der Waals surface area contributed by atoms with Crippen LogP contribution in [0.4, 0.5) is 5.69 Å². The summed E-state index contributed by atoms with van der Waals surface area (Å²) in [5.41, 5.74) is 3.35. The van der Waals surface area contributed by atoms with Crippen LogP contribution in [0, 0.1) is 0 Å². The first-order valence-corrected chi connectivity index (χ1v) is 8.86. The lowest BCUT2D eigenvalue weighted by Gasteiger charge is -2.08. The topological polar surface area (TPSA) is 109 Å². The Balaban J connectivity index is 1.77. The predicted octanol–water partition coefficient (Wildman–Crippen LogP) is 2.11. The minimum atomic E-state index is -0.881. The van der Waals surface area contributed by atoms with E-state index in [1.54, 1.807) is 48.5 Å². The van der Waals surface area contributed by atoms with Crippen LogP contribution >= 0.6 is 11.6 Å². The molecular formula is C20H19ClN4O4. The molecule has 150 valence electrons. The minimum Gasteiger partial charge on any atom is -0.484 e. The highest BCUT2D eigenvalue weighted by Gasteiger charge is 2.10. The van der Waals surface area contributed by atoms with Gasteiger partial charge in [0.2, 0.25) is 0 Å². The average molecular weight is 415 g/mol. The van der Waals surface area contributed by atoms with Crippen LogP contribution in [0.25, 0.3) is 0 Å². The second-order valence-electron chi connectivity index (χ2n) is 5.61. The van der Waals surface area contributed by atoms with Crippen LogP contribution in [0.3, 0.4) is 0 Å². The fourth-order valence-corrected chi connectivity index (χ4v) is 2.21. The summed E-state index contributed by atoms with van der Waals surface area (Å²) in [6.07, 6.45) is 2.83. The lowest BCUT2D eigenvalue weighted by molar-refractivity contribution is -0.139. The normalized spacial score (nSPS) is 10.2. The van der Waals surface area contributed by atoms with Crippen LogP contribution in [-0.4, -0.2) is 37.1 Å². The van der Waals surface area contributed by atoms with Crippen LogP contribution in [0.15, 0.2) is 66.3 Å². The quantitative estimate of drug-likeness (QED) is 0.266. The molecule has 2 aromatic carbocycles. The van der Waals surface area contributed by atoms with E-state index in [2.05, 4.69) is 27.7 Å². The van der Waals surface area contributed by atoms with Crippen molar-refractivity contribution < 1.29 is 19.1 Å². The van der Waals surface area contributed by atoms with Crippen LogP contribution in [0.2, 0.25) is 5.02 Å². The van der Waals surface area contributed by atoms with Crippen LogP contribution in [0.5, 0.6) is 5.75 Å². The number of hydrogen-bond acceptors (Lipinski definition) is 5. The first kappa shape index (κ1) is 21.6. The number of anilines is 1. The van der Waals surface area contributed by atoms with E-state index in [4.69, 9.17) is 16.3 Å². The van der Waals surface area contributed by atoms with Crippen molar-refractivity contribution in [3.05, 3.63) is 71.8 Å². The van der Waals surface area contributed by atoms with Gasteiger partial charge in [0.15, 0.2) is 6.61 Å². The molecule has 0 spiro atoms. The monoisotopic (exact) mass is 414 g/mol. The van der Waals surface area contributed by atoms with Crippen molar-refractivity contribution in [3.8, 4) is 5.75 Å². The number of rotatable bonds is 8. The first-order chi connectivity index (χ1) is 14.0. The molecule has 2 rings (SSSR count).